The smallest absolute Gasteiger partial charge is 0.143 e. The van der Waals surface area contributed by atoms with E-state index in [9.17, 15) is 0 Å². The molecule has 0 saturated carbocycles. The van der Waals surface area contributed by atoms with E-state index in [1.165, 1.54) is 5.69 Å². The Kier molecular flexibility index (Phi) is 4.96. The molecule has 1 N–H and O–H groups in total. The first-order chi connectivity index (χ1) is 15.7. The number of nitrogens with one attached hydrogen (secondary N) is 1. The van der Waals surface area contributed by atoms with Crippen molar-refractivity contribution >= 4 is 10.9 Å². The van der Waals surface area contributed by atoms with Gasteiger partial charge in [-0.05, 0) is 45.0 Å². The zero-order valence-corrected chi connectivity index (χ0v) is 18.3. The van der Waals surface area contributed by atoms with Gasteiger partial charge in [0.1, 0.15) is 5.82 Å². The van der Waals surface area contributed by atoms with Crippen LogP contribution in [0.15, 0.2) is 36.5 Å². The molecule has 32 heavy (non-hydrogen) atoms. The number of hydrogen-bond acceptors (Lipinski definition) is 6. The minimum absolute atomic E-state index is 0.495. The number of aromatic nitrogens is 6. The number of H-pyrrole nitrogens is 1. The highest BCUT2D eigenvalue weighted by atomic mass is 16.5. The molecule has 0 amide bonds. The van der Waals surface area contributed by atoms with Gasteiger partial charge in [0.25, 0.3) is 0 Å². The predicted octanol–water partition coefficient (Wildman–Crippen LogP) is 3.43. The van der Waals surface area contributed by atoms with Crippen LogP contribution in [-0.2, 0) is 24.4 Å². The number of piperidine rings is 1. The Balaban J connectivity index is 1.12. The van der Waals surface area contributed by atoms with Gasteiger partial charge in [0.15, 0.2) is 0 Å². The van der Waals surface area contributed by atoms with Gasteiger partial charge in [-0.2, -0.15) is 10.2 Å². The van der Waals surface area contributed by atoms with E-state index in [4.69, 9.17) is 14.7 Å². The maximum Gasteiger partial charge on any atom is 0.143 e. The molecule has 2 aliphatic heterocycles. The third-order valence-corrected chi connectivity index (χ3v) is 6.74. The zero-order chi connectivity index (χ0) is 21.5. The van der Waals surface area contributed by atoms with Crippen LogP contribution in [0.4, 0.5) is 0 Å². The lowest BCUT2D eigenvalue weighted by Crippen LogP contribution is -2.33. The van der Waals surface area contributed by atoms with E-state index < -0.39 is 0 Å². The van der Waals surface area contributed by atoms with Crippen molar-refractivity contribution in [3.05, 3.63) is 59.4 Å². The molecule has 1 aromatic carbocycles. The lowest BCUT2D eigenvalue weighted by molar-refractivity contribution is 0.0804. The Morgan fingerprint density at radius 1 is 1.12 bits per heavy atom. The standard InChI is InChI=1S/C24H27N7O/c1-16-18-4-2-3-5-20(18)27-24(26-16)14-30-8-6-17(7-9-30)21-12-22(29-28-21)19-13-25-31-10-11-32-15-23(19)31/h2-5,12-13,17H,6-11,14-15H2,1H3,(H,28,29). The second-order valence-corrected chi connectivity index (χ2v) is 8.78. The molecule has 0 aliphatic carbocycles. The average Bonchev–Trinajstić information content (AvgIpc) is 3.47. The number of hydrogen-bond donors (Lipinski definition) is 1. The van der Waals surface area contributed by atoms with Crippen molar-refractivity contribution in [1.82, 2.24) is 34.8 Å². The van der Waals surface area contributed by atoms with Crippen molar-refractivity contribution in [2.45, 2.75) is 45.4 Å². The van der Waals surface area contributed by atoms with E-state index in [-0.39, 0.29) is 0 Å². The van der Waals surface area contributed by atoms with Crippen LogP contribution >= 0.6 is 0 Å². The van der Waals surface area contributed by atoms with Gasteiger partial charge in [-0.1, -0.05) is 18.2 Å². The van der Waals surface area contributed by atoms with E-state index in [0.29, 0.717) is 12.5 Å². The summed E-state index contributed by atoms with van der Waals surface area (Å²) >= 11 is 0. The minimum Gasteiger partial charge on any atom is -0.373 e. The number of likely N-dealkylation sites (tertiary alicyclic amines) is 1. The molecule has 1 fully saturated rings. The molecule has 8 heteroatoms. The van der Waals surface area contributed by atoms with Gasteiger partial charge in [-0.25, -0.2) is 9.97 Å². The van der Waals surface area contributed by atoms with Crippen LogP contribution < -0.4 is 0 Å². The van der Waals surface area contributed by atoms with Crippen molar-refractivity contribution in [2.24, 2.45) is 0 Å². The topological polar surface area (TPSA) is 84.8 Å². The van der Waals surface area contributed by atoms with E-state index in [1.807, 2.05) is 23.0 Å². The molecule has 164 valence electrons. The summed E-state index contributed by atoms with van der Waals surface area (Å²) in [5.74, 6) is 1.41. The average molecular weight is 430 g/mol. The quantitative estimate of drug-likeness (QED) is 0.535. The Morgan fingerprint density at radius 3 is 2.91 bits per heavy atom. The largest absolute Gasteiger partial charge is 0.373 e. The summed E-state index contributed by atoms with van der Waals surface area (Å²) < 4.78 is 7.65. The van der Waals surface area contributed by atoms with Crippen molar-refractivity contribution in [1.29, 1.82) is 0 Å². The van der Waals surface area contributed by atoms with Crippen LogP contribution in [0.25, 0.3) is 22.2 Å². The molecule has 0 radical (unpaired) electrons. The van der Waals surface area contributed by atoms with Gasteiger partial charge >= 0.3 is 0 Å². The summed E-state index contributed by atoms with van der Waals surface area (Å²) in [5, 5.41) is 13.5. The number of nitrogens with zero attached hydrogens (tertiary/aromatic N) is 6. The highest BCUT2D eigenvalue weighted by Gasteiger charge is 2.24. The van der Waals surface area contributed by atoms with Gasteiger partial charge in [0.2, 0.25) is 0 Å². The highest BCUT2D eigenvalue weighted by Crippen LogP contribution is 2.31. The summed E-state index contributed by atoms with van der Waals surface area (Å²) in [6, 6.07) is 10.4. The Morgan fingerprint density at radius 2 is 2.00 bits per heavy atom. The van der Waals surface area contributed by atoms with Crippen LogP contribution in [0.1, 0.15) is 41.7 Å². The maximum absolute atomic E-state index is 5.62. The molecule has 0 bridgehead atoms. The van der Waals surface area contributed by atoms with E-state index in [2.05, 4.69) is 45.3 Å². The summed E-state index contributed by atoms with van der Waals surface area (Å²) in [4.78, 5) is 12.0. The molecule has 2 aliphatic rings. The molecule has 0 atom stereocenters. The van der Waals surface area contributed by atoms with Crippen molar-refractivity contribution in [3.63, 3.8) is 0 Å². The predicted molar refractivity (Wildman–Crippen MR) is 121 cm³/mol. The molecule has 0 spiro atoms. The number of fused-ring (bicyclic) bond motifs is 2. The van der Waals surface area contributed by atoms with Gasteiger partial charge in [-0.3, -0.25) is 14.7 Å². The third kappa shape index (κ3) is 3.59. The van der Waals surface area contributed by atoms with Crippen LogP contribution in [-0.4, -0.2) is 54.5 Å². The highest BCUT2D eigenvalue weighted by molar-refractivity contribution is 5.80. The SMILES string of the molecule is Cc1nc(CN2CCC(c3cc(-c4cnn5c4COCC5)n[nH]3)CC2)nc2ccccc12. The number of rotatable bonds is 4. The Labute approximate surface area is 186 Å². The van der Waals surface area contributed by atoms with Crippen molar-refractivity contribution < 1.29 is 4.74 Å². The summed E-state index contributed by atoms with van der Waals surface area (Å²) in [7, 11) is 0. The molecule has 4 aromatic rings. The Bertz CT molecular complexity index is 1250. The van der Waals surface area contributed by atoms with Gasteiger partial charge in [0, 0.05) is 28.3 Å². The van der Waals surface area contributed by atoms with E-state index in [0.717, 1.165) is 85.0 Å². The summed E-state index contributed by atoms with van der Waals surface area (Å²) in [5.41, 5.74) is 6.47. The van der Waals surface area contributed by atoms with Crippen LogP contribution in [0, 0.1) is 6.92 Å². The summed E-state index contributed by atoms with van der Waals surface area (Å²) in [6.45, 7) is 7.07. The fraction of sp³-hybridized carbons (Fsp3) is 0.417. The van der Waals surface area contributed by atoms with Gasteiger partial charge in [-0.15, -0.1) is 0 Å². The fourth-order valence-electron chi connectivity index (χ4n) is 4.94. The fourth-order valence-corrected chi connectivity index (χ4v) is 4.94. The molecule has 3 aromatic heterocycles. The molecule has 8 nitrogen and oxygen atoms in total. The molecule has 1 saturated heterocycles. The third-order valence-electron chi connectivity index (χ3n) is 6.74. The number of para-hydroxylation sites is 1. The number of aromatic amines is 1. The maximum atomic E-state index is 5.62. The number of aryl methyl sites for hydroxylation is 1. The van der Waals surface area contributed by atoms with E-state index >= 15 is 0 Å². The number of ether oxygens (including phenoxy) is 1. The molecular formula is C24H27N7O. The first-order valence-corrected chi connectivity index (χ1v) is 11.4. The second kappa shape index (κ2) is 8.11. The lowest BCUT2D eigenvalue weighted by Gasteiger charge is -2.30. The normalized spacial score (nSPS) is 17.7. The van der Waals surface area contributed by atoms with Crippen molar-refractivity contribution in [3.8, 4) is 11.3 Å². The van der Waals surface area contributed by atoms with Crippen LogP contribution in [0.3, 0.4) is 0 Å². The van der Waals surface area contributed by atoms with Crippen LogP contribution in [0.5, 0.6) is 0 Å². The van der Waals surface area contributed by atoms with Crippen LogP contribution in [0.2, 0.25) is 0 Å². The van der Waals surface area contributed by atoms with Crippen molar-refractivity contribution in [2.75, 3.05) is 19.7 Å². The molecule has 0 unspecified atom stereocenters. The first kappa shape index (κ1) is 19.6. The minimum atomic E-state index is 0.495. The number of benzene rings is 1. The first-order valence-electron chi connectivity index (χ1n) is 11.4. The Hall–Kier alpha value is -3.10. The lowest BCUT2D eigenvalue weighted by atomic mass is 9.93. The van der Waals surface area contributed by atoms with E-state index in [1.54, 1.807) is 0 Å². The van der Waals surface area contributed by atoms with Gasteiger partial charge in [0.05, 0.1) is 49.4 Å². The summed E-state index contributed by atoms with van der Waals surface area (Å²) in [6.07, 6.45) is 4.12. The zero-order valence-electron chi connectivity index (χ0n) is 18.3. The van der Waals surface area contributed by atoms with Gasteiger partial charge < -0.3 is 4.74 Å². The second-order valence-electron chi connectivity index (χ2n) is 8.78. The molecule has 5 heterocycles. The molecular weight excluding hydrogens is 402 g/mol. The monoisotopic (exact) mass is 429 g/mol. The molecule has 6 rings (SSSR count).